The van der Waals surface area contributed by atoms with Crippen molar-refractivity contribution in [2.75, 3.05) is 6.54 Å². The molecule has 3 aliphatic carbocycles. The number of carbonyl (C=O) groups excluding carboxylic acids is 1. The molecule has 3 rings (SSSR count). The van der Waals surface area contributed by atoms with Crippen LogP contribution in [-0.4, -0.2) is 23.5 Å². The number of carbonyl (C=O) groups is 2. The molecule has 0 aromatic heterocycles. The van der Waals surface area contributed by atoms with Crippen LogP contribution < -0.4 is 5.32 Å². The van der Waals surface area contributed by atoms with Crippen molar-refractivity contribution < 1.29 is 14.7 Å². The van der Waals surface area contributed by atoms with Gasteiger partial charge in [-0.25, -0.2) is 0 Å². The van der Waals surface area contributed by atoms with E-state index in [0.29, 0.717) is 30.2 Å². The zero-order valence-electron chi connectivity index (χ0n) is 12.9. The summed E-state index contributed by atoms with van der Waals surface area (Å²) < 4.78 is 0. The lowest BCUT2D eigenvalue weighted by atomic mass is 9.96. The van der Waals surface area contributed by atoms with Crippen molar-refractivity contribution in [1.29, 1.82) is 0 Å². The Morgan fingerprint density at radius 3 is 2.43 bits per heavy atom. The van der Waals surface area contributed by atoms with Gasteiger partial charge in [-0.3, -0.25) is 9.59 Å². The third-order valence-electron chi connectivity index (χ3n) is 6.23. The van der Waals surface area contributed by atoms with Crippen molar-refractivity contribution >= 4 is 11.9 Å². The predicted molar refractivity (Wildman–Crippen MR) is 79.6 cm³/mol. The maximum atomic E-state index is 12.3. The summed E-state index contributed by atoms with van der Waals surface area (Å²) in [7, 11) is 0. The normalized spacial score (nSPS) is 37.1. The Morgan fingerprint density at radius 2 is 1.86 bits per heavy atom. The van der Waals surface area contributed by atoms with Gasteiger partial charge < -0.3 is 10.4 Å². The summed E-state index contributed by atoms with van der Waals surface area (Å²) in [5.74, 6) is 3.37. The first kappa shape index (κ1) is 14.9. The number of hydrogen-bond donors (Lipinski definition) is 2. The lowest BCUT2D eigenvalue weighted by Crippen LogP contribution is -2.29. The van der Waals surface area contributed by atoms with Gasteiger partial charge in [-0.15, -0.1) is 0 Å². The Bertz CT molecular complexity index is 406. The highest BCUT2D eigenvalue weighted by Gasteiger charge is 2.67. The molecule has 0 radical (unpaired) electrons. The highest BCUT2D eigenvalue weighted by atomic mass is 16.4. The van der Waals surface area contributed by atoms with Crippen molar-refractivity contribution in [2.45, 2.75) is 51.9 Å². The Kier molecular flexibility index (Phi) is 4.23. The van der Waals surface area contributed by atoms with Crippen LogP contribution in [0.25, 0.3) is 0 Å². The topological polar surface area (TPSA) is 66.4 Å². The second-order valence-electron chi connectivity index (χ2n) is 7.30. The van der Waals surface area contributed by atoms with Crippen molar-refractivity contribution in [2.24, 2.45) is 35.5 Å². The number of fused-ring (bicyclic) bond motifs is 5. The van der Waals surface area contributed by atoms with E-state index in [1.54, 1.807) is 0 Å². The minimum absolute atomic E-state index is 0.239. The van der Waals surface area contributed by atoms with E-state index >= 15 is 0 Å². The molecule has 5 atom stereocenters. The van der Waals surface area contributed by atoms with Gasteiger partial charge >= 0.3 is 5.97 Å². The molecule has 0 saturated heterocycles. The van der Waals surface area contributed by atoms with Gasteiger partial charge in [0, 0.05) is 18.9 Å². The van der Waals surface area contributed by atoms with E-state index in [2.05, 4.69) is 12.2 Å². The van der Waals surface area contributed by atoms with E-state index in [1.807, 2.05) is 0 Å². The molecule has 3 fully saturated rings. The predicted octanol–water partition coefficient (Wildman–Crippen LogP) is 2.68. The van der Waals surface area contributed by atoms with Crippen LogP contribution in [0.3, 0.4) is 0 Å². The van der Waals surface area contributed by atoms with Crippen molar-refractivity contribution in [1.82, 2.24) is 5.32 Å². The van der Waals surface area contributed by atoms with Crippen LogP contribution in [0.2, 0.25) is 0 Å². The summed E-state index contributed by atoms with van der Waals surface area (Å²) >= 11 is 0. The number of carboxylic acid groups (broad SMARTS) is 1. The van der Waals surface area contributed by atoms with Crippen LogP contribution in [0, 0.1) is 35.5 Å². The summed E-state index contributed by atoms with van der Waals surface area (Å²) in [4.78, 5) is 22.9. The summed E-state index contributed by atoms with van der Waals surface area (Å²) in [6, 6.07) is 0. The molecule has 3 saturated carbocycles. The number of amides is 1. The summed E-state index contributed by atoms with van der Waals surface area (Å²) in [6.45, 7) is 2.81. The second-order valence-corrected chi connectivity index (χ2v) is 7.30. The molecule has 0 spiro atoms. The SMILES string of the molecule is CCC(CCNC(=O)C1C2C3CCC(C3)C12)CCC(=O)O. The zero-order valence-corrected chi connectivity index (χ0v) is 12.9. The van der Waals surface area contributed by atoms with Gasteiger partial charge in [0.1, 0.15) is 0 Å². The molecule has 4 heteroatoms. The molecular weight excluding hydrogens is 266 g/mol. The van der Waals surface area contributed by atoms with E-state index < -0.39 is 5.97 Å². The van der Waals surface area contributed by atoms with Crippen molar-refractivity contribution in [3.05, 3.63) is 0 Å². The molecular formula is C17H27NO3. The maximum Gasteiger partial charge on any atom is 0.303 e. The zero-order chi connectivity index (χ0) is 15.0. The van der Waals surface area contributed by atoms with E-state index in [4.69, 9.17) is 5.11 Å². The number of carboxylic acids is 1. The van der Waals surface area contributed by atoms with Crippen LogP contribution in [0.5, 0.6) is 0 Å². The molecule has 21 heavy (non-hydrogen) atoms. The molecule has 118 valence electrons. The monoisotopic (exact) mass is 293 g/mol. The Balaban J connectivity index is 1.36. The van der Waals surface area contributed by atoms with Crippen LogP contribution >= 0.6 is 0 Å². The average molecular weight is 293 g/mol. The molecule has 2 N–H and O–H groups in total. The molecule has 3 aliphatic rings. The maximum absolute atomic E-state index is 12.3. The Hall–Kier alpha value is -1.06. The molecule has 0 aliphatic heterocycles. The Labute approximate surface area is 126 Å². The van der Waals surface area contributed by atoms with Crippen LogP contribution in [0.15, 0.2) is 0 Å². The lowest BCUT2D eigenvalue weighted by molar-refractivity contribution is -0.137. The minimum atomic E-state index is -0.723. The van der Waals surface area contributed by atoms with E-state index in [-0.39, 0.29) is 12.3 Å². The Morgan fingerprint density at radius 1 is 1.19 bits per heavy atom. The van der Waals surface area contributed by atoms with E-state index in [1.165, 1.54) is 19.3 Å². The number of rotatable bonds is 8. The molecule has 5 unspecified atom stereocenters. The number of hydrogen-bond acceptors (Lipinski definition) is 2. The lowest BCUT2D eigenvalue weighted by Gasteiger charge is -2.15. The van der Waals surface area contributed by atoms with Gasteiger partial charge in [0.25, 0.3) is 0 Å². The minimum Gasteiger partial charge on any atom is -0.481 e. The van der Waals surface area contributed by atoms with Gasteiger partial charge in [-0.2, -0.15) is 0 Å². The van der Waals surface area contributed by atoms with Crippen LogP contribution in [0.4, 0.5) is 0 Å². The fourth-order valence-electron chi connectivity index (χ4n) is 5.07. The summed E-state index contributed by atoms with van der Waals surface area (Å²) in [5, 5.41) is 11.8. The highest BCUT2D eigenvalue weighted by molar-refractivity contribution is 5.82. The van der Waals surface area contributed by atoms with E-state index in [9.17, 15) is 9.59 Å². The average Bonchev–Trinajstić information content (AvgIpc) is 2.90. The van der Waals surface area contributed by atoms with Gasteiger partial charge in [-0.05, 0) is 61.7 Å². The van der Waals surface area contributed by atoms with Crippen LogP contribution in [0.1, 0.15) is 51.9 Å². The third kappa shape index (κ3) is 2.95. The first-order valence-electron chi connectivity index (χ1n) is 8.61. The van der Waals surface area contributed by atoms with Gasteiger partial charge in [0.15, 0.2) is 0 Å². The molecule has 2 bridgehead atoms. The standard InChI is InChI=1S/C17H27NO3/c1-2-10(3-6-13(19)20)7-8-18-17(21)16-14-11-4-5-12(9-11)15(14)16/h10-12,14-16H,2-9H2,1H3,(H,18,21)(H,19,20). The summed E-state index contributed by atoms with van der Waals surface area (Å²) in [6.07, 6.45) is 6.94. The first-order valence-corrected chi connectivity index (χ1v) is 8.61. The summed E-state index contributed by atoms with van der Waals surface area (Å²) in [5.41, 5.74) is 0. The third-order valence-corrected chi connectivity index (χ3v) is 6.23. The highest BCUT2D eigenvalue weighted by Crippen LogP contribution is 2.69. The molecule has 0 heterocycles. The second kappa shape index (κ2) is 5.98. The molecule has 0 aromatic rings. The fourth-order valence-corrected chi connectivity index (χ4v) is 5.07. The van der Waals surface area contributed by atoms with Gasteiger partial charge in [0.2, 0.25) is 5.91 Å². The quantitative estimate of drug-likeness (QED) is 0.723. The molecule has 1 amide bonds. The van der Waals surface area contributed by atoms with Crippen LogP contribution in [-0.2, 0) is 9.59 Å². The number of nitrogens with one attached hydrogen (secondary N) is 1. The van der Waals surface area contributed by atoms with Crippen molar-refractivity contribution in [3.8, 4) is 0 Å². The van der Waals surface area contributed by atoms with Gasteiger partial charge in [0.05, 0.1) is 0 Å². The smallest absolute Gasteiger partial charge is 0.303 e. The first-order chi connectivity index (χ1) is 10.1. The fraction of sp³-hybridized carbons (Fsp3) is 0.882. The molecule has 4 nitrogen and oxygen atoms in total. The largest absolute Gasteiger partial charge is 0.481 e. The number of aliphatic carboxylic acids is 1. The van der Waals surface area contributed by atoms with Crippen molar-refractivity contribution in [3.63, 3.8) is 0 Å². The van der Waals surface area contributed by atoms with Gasteiger partial charge in [-0.1, -0.05) is 13.3 Å². The van der Waals surface area contributed by atoms with E-state index in [0.717, 1.165) is 31.1 Å². The molecule has 0 aromatic carbocycles.